The quantitative estimate of drug-likeness (QED) is 0.346. The molecule has 0 bridgehead atoms. The minimum absolute atomic E-state index is 0.00313. The molecule has 11 nitrogen and oxygen atoms in total. The number of nitrogens with zero attached hydrogens (tertiary/aromatic N) is 5. The number of hydrogen-bond acceptors (Lipinski definition) is 9. The minimum atomic E-state index is -1.25. The van der Waals surface area contributed by atoms with Gasteiger partial charge in [-0.1, -0.05) is 19.1 Å². The van der Waals surface area contributed by atoms with Gasteiger partial charge in [-0.15, -0.1) is 5.10 Å². The molecule has 3 rings (SSSR count). The third kappa shape index (κ3) is 4.25. The number of aromatic carboxylic acids is 1. The number of hydrogen-bond donors (Lipinski definition) is 5. The number of carbonyl (C=O) groups is 1. The van der Waals surface area contributed by atoms with E-state index in [9.17, 15) is 20.1 Å². The molecule has 0 aliphatic carbocycles. The first-order valence-corrected chi connectivity index (χ1v) is 9.55. The zero-order chi connectivity index (χ0) is 22.0. The van der Waals surface area contributed by atoms with Crippen LogP contribution in [0.2, 0.25) is 0 Å². The van der Waals surface area contributed by atoms with E-state index in [1.807, 2.05) is 27.7 Å². The maximum atomic E-state index is 11.3. The number of fused-ring (bicyclic) bond motifs is 1. The van der Waals surface area contributed by atoms with Crippen LogP contribution in [0.4, 0.5) is 17.5 Å². The normalized spacial score (nSPS) is 12.5. The molecule has 30 heavy (non-hydrogen) atoms. The molecule has 0 amide bonds. The Balaban J connectivity index is 2.08. The van der Waals surface area contributed by atoms with Crippen LogP contribution in [0.5, 0.6) is 5.75 Å². The molecule has 0 aliphatic rings. The van der Waals surface area contributed by atoms with Crippen molar-refractivity contribution in [3.05, 3.63) is 23.8 Å². The highest BCUT2D eigenvalue weighted by atomic mass is 16.4. The lowest BCUT2D eigenvalue weighted by Crippen LogP contribution is -2.30. The molecule has 160 valence electrons. The van der Waals surface area contributed by atoms with E-state index < -0.39 is 5.97 Å². The Morgan fingerprint density at radius 1 is 1.20 bits per heavy atom. The van der Waals surface area contributed by atoms with Gasteiger partial charge in [0.1, 0.15) is 11.3 Å². The number of aliphatic hydroxyl groups is 1. The van der Waals surface area contributed by atoms with Gasteiger partial charge in [0.15, 0.2) is 17.0 Å². The minimum Gasteiger partial charge on any atom is -0.507 e. The molecule has 11 heteroatoms. The molecule has 1 atom stereocenters. The van der Waals surface area contributed by atoms with Crippen LogP contribution in [-0.2, 0) is 0 Å². The molecule has 0 aliphatic heterocycles. The van der Waals surface area contributed by atoms with E-state index >= 15 is 0 Å². The van der Waals surface area contributed by atoms with Gasteiger partial charge in [-0.3, -0.25) is 0 Å². The van der Waals surface area contributed by atoms with E-state index in [4.69, 9.17) is 0 Å². The molecule has 0 saturated carbocycles. The molecule has 5 N–H and O–H groups in total. The Bertz CT molecular complexity index is 1060. The summed E-state index contributed by atoms with van der Waals surface area (Å²) in [7, 11) is 0. The van der Waals surface area contributed by atoms with Crippen LogP contribution in [0.25, 0.3) is 11.2 Å². The lowest BCUT2D eigenvalue weighted by atomic mass is 10.1. The first kappa shape index (κ1) is 21.2. The summed E-state index contributed by atoms with van der Waals surface area (Å²) in [5.74, 6) is -0.860. The summed E-state index contributed by atoms with van der Waals surface area (Å²) in [6, 6.07) is 3.85. The zero-order valence-electron chi connectivity index (χ0n) is 17.2. The van der Waals surface area contributed by atoms with Crippen LogP contribution in [0.1, 0.15) is 44.1 Å². The molecule has 0 fully saturated rings. The monoisotopic (exact) mass is 415 g/mol. The fourth-order valence-corrected chi connectivity index (χ4v) is 2.84. The molecular weight excluding hydrogens is 390 g/mol. The van der Waals surface area contributed by atoms with Gasteiger partial charge in [-0.2, -0.15) is 9.97 Å². The number of carboxylic acids is 1. The fraction of sp³-hybridized carbons (Fsp3) is 0.421. The smallest absolute Gasteiger partial charge is 0.339 e. The highest BCUT2D eigenvalue weighted by molar-refractivity contribution is 5.93. The van der Waals surface area contributed by atoms with Crippen LogP contribution in [-0.4, -0.2) is 58.9 Å². The second kappa shape index (κ2) is 8.49. The number of anilines is 3. The van der Waals surface area contributed by atoms with Gasteiger partial charge in [-0.25, -0.2) is 9.48 Å². The van der Waals surface area contributed by atoms with Gasteiger partial charge in [0.05, 0.1) is 18.7 Å². The molecule has 1 aromatic carbocycles. The number of aliphatic hydroxyl groups excluding tert-OH is 1. The second-order valence-corrected chi connectivity index (χ2v) is 7.54. The number of aromatic hydroxyl groups is 1. The highest BCUT2D eigenvalue weighted by Gasteiger charge is 2.20. The predicted molar refractivity (Wildman–Crippen MR) is 111 cm³/mol. The SMILES string of the molecule is CC(C)[C@H](CO)Nc1nc(Nc2ccc(O)c(C(=O)O)c2)c2nnn(C(C)C)c2n1. The van der Waals surface area contributed by atoms with E-state index in [1.54, 1.807) is 4.68 Å². The molecule has 2 heterocycles. The standard InChI is InChI=1S/C19H25N7O4/c1-9(2)13(8-27)21-19-22-16(15-17(23-19)26(10(3)4)25-24-15)20-11-5-6-14(28)12(7-11)18(29)30/h5-7,9-10,13,27-28H,8H2,1-4H3,(H,29,30)(H2,20,21,22,23)/t13-/m0/s1. The van der Waals surface area contributed by atoms with E-state index in [-0.39, 0.29) is 41.9 Å². The molecule has 3 aromatic rings. The lowest BCUT2D eigenvalue weighted by Gasteiger charge is -2.20. The first-order valence-electron chi connectivity index (χ1n) is 9.55. The van der Waals surface area contributed by atoms with Crippen molar-refractivity contribution in [2.75, 3.05) is 17.2 Å². The largest absolute Gasteiger partial charge is 0.507 e. The molecular formula is C19H25N7O4. The van der Waals surface area contributed by atoms with E-state index in [0.29, 0.717) is 22.7 Å². The van der Waals surface area contributed by atoms with Crippen molar-refractivity contribution in [2.45, 2.75) is 39.8 Å². The molecule has 0 unspecified atom stereocenters. The van der Waals surface area contributed by atoms with Crippen LogP contribution < -0.4 is 10.6 Å². The number of nitrogens with one attached hydrogen (secondary N) is 2. The van der Waals surface area contributed by atoms with Crippen LogP contribution in [0, 0.1) is 5.92 Å². The summed E-state index contributed by atoms with van der Waals surface area (Å²) in [5, 5.41) is 43.1. The van der Waals surface area contributed by atoms with Gasteiger partial charge in [0.25, 0.3) is 0 Å². The van der Waals surface area contributed by atoms with Gasteiger partial charge < -0.3 is 26.0 Å². The van der Waals surface area contributed by atoms with Crippen molar-refractivity contribution in [1.82, 2.24) is 25.0 Å². The van der Waals surface area contributed by atoms with Crippen molar-refractivity contribution in [2.24, 2.45) is 5.92 Å². The maximum absolute atomic E-state index is 11.3. The Morgan fingerprint density at radius 3 is 2.53 bits per heavy atom. The highest BCUT2D eigenvalue weighted by Crippen LogP contribution is 2.28. The summed E-state index contributed by atoms with van der Waals surface area (Å²) in [6.45, 7) is 7.73. The average molecular weight is 415 g/mol. The van der Waals surface area contributed by atoms with Crippen LogP contribution in [0.15, 0.2) is 18.2 Å². The van der Waals surface area contributed by atoms with Crippen molar-refractivity contribution < 1.29 is 20.1 Å². The molecule has 2 aromatic heterocycles. The van der Waals surface area contributed by atoms with Gasteiger partial charge >= 0.3 is 5.97 Å². The van der Waals surface area contributed by atoms with E-state index in [2.05, 4.69) is 30.9 Å². The topological polar surface area (TPSA) is 158 Å². The molecule has 0 spiro atoms. The number of rotatable bonds is 8. The Hall–Kier alpha value is -3.47. The Morgan fingerprint density at radius 2 is 1.93 bits per heavy atom. The van der Waals surface area contributed by atoms with Crippen molar-refractivity contribution in [3.63, 3.8) is 0 Å². The predicted octanol–water partition coefficient (Wildman–Crippen LogP) is 2.38. The number of benzene rings is 1. The third-order valence-electron chi connectivity index (χ3n) is 4.62. The van der Waals surface area contributed by atoms with E-state index in [0.717, 1.165) is 0 Å². The fourth-order valence-electron chi connectivity index (χ4n) is 2.84. The third-order valence-corrected chi connectivity index (χ3v) is 4.62. The number of phenols is 1. The first-order chi connectivity index (χ1) is 14.2. The zero-order valence-corrected chi connectivity index (χ0v) is 17.2. The Kier molecular flexibility index (Phi) is 6.01. The number of carboxylic acid groups (broad SMARTS) is 1. The lowest BCUT2D eigenvalue weighted by molar-refractivity contribution is 0.0693. The summed E-state index contributed by atoms with van der Waals surface area (Å²) in [4.78, 5) is 20.3. The molecule has 0 radical (unpaired) electrons. The summed E-state index contributed by atoms with van der Waals surface area (Å²) < 4.78 is 1.65. The summed E-state index contributed by atoms with van der Waals surface area (Å²) in [5.41, 5.74) is 1.06. The van der Waals surface area contributed by atoms with Gasteiger partial charge in [-0.05, 0) is 38.0 Å². The van der Waals surface area contributed by atoms with Gasteiger partial charge in [0, 0.05) is 5.69 Å². The second-order valence-electron chi connectivity index (χ2n) is 7.54. The molecule has 0 saturated heterocycles. The van der Waals surface area contributed by atoms with Crippen molar-refractivity contribution in [3.8, 4) is 5.75 Å². The average Bonchev–Trinajstić information content (AvgIpc) is 3.11. The van der Waals surface area contributed by atoms with E-state index in [1.165, 1.54) is 18.2 Å². The number of aromatic nitrogens is 5. The maximum Gasteiger partial charge on any atom is 0.339 e. The summed E-state index contributed by atoms with van der Waals surface area (Å²) in [6.07, 6.45) is 0. The van der Waals surface area contributed by atoms with Gasteiger partial charge in [0.2, 0.25) is 5.95 Å². The van der Waals surface area contributed by atoms with Crippen LogP contribution >= 0.6 is 0 Å². The van der Waals surface area contributed by atoms with Crippen molar-refractivity contribution >= 4 is 34.6 Å². The van der Waals surface area contributed by atoms with Crippen LogP contribution in [0.3, 0.4) is 0 Å². The summed E-state index contributed by atoms with van der Waals surface area (Å²) >= 11 is 0. The van der Waals surface area contributed by atoms with Crippen molar-refractivity contribution in [1.29, 1.82) is 0 Å². The Labute approximate surface area is 172 Å².